The van der Waals surface area contributed by atoms with Crippen LogP contribution in [0, 0.1) is 22.0 Å². The van der Waals surface area contributed by atoms with E-state index in [9.17, 15) is 5.11 Å². The van der Waals surface area contributed by atoms with Crippen LogP contribution in [0.25, 0.3) is 0 Å². The van der Waals surface area contributed by atoms with Crippen LogP contribution in [0.1, 0.15) is 38.6 Å². The van der Waals surface area contributed by atoms with Gasteiger partial charge in [-0.2, -0.15) is 5.10 Å². The number of aromatic nitrogens is 3. The highest BCUT2D eigenvalue weighted by Crippen LogP contribution is 2.61. The number of rotatable bonds is 4. The summed E-state index contributed by atoms with van der Waals surface area (Å²) in [6.07, 6.45) is 2.32. The number of likely N-dealkylation sites (tertiary alicyclic amines) is 1. The Bertz CT molecular complexity index is 587. The molecule has 20 heavy (non-hydrogen) atoms. The van der Waals surface area contributed by atoms with Crippen molar-refractivity contribution in [2.45, 2.75) is 46.0 Å². The molecule has 1 N–H and O–H groups in total. The van der Waals surface area contributed by atoms with Crippen molar-refractivity contribution in [2.24, 2.45) is 17.3 Å². The predicted octanol–water partition coefficient (Wildman–Crippen LogP) is 1.79. The summed E-state index contributed by atoms with van der Waals surface area (Å²) in [7, 11) is 0. The SMILES string of the molecule is CC1(C)C2CN(Cn3nc(CO)n(C4CC4)c3=S)CC21. The first-order chi connectivity index (χ1) is 9.52. The molecule has 4 rings (SSSR count). The lowest BCUT2D eigenvalue weighted by Crippen LogP contribution is -2.29. The summed E-state index contributed by atoms with van der Waals surface area (Å²) in [5.41, 5.74) is 0.543. The van der Waals surface area contributed by atoms with Crippen molar-refractivity contribution in [1.29, 1.82) is 0 Å². The predicted molar refractivity (Wildman–Crippen MR) is 77.6 cm³/mol. The maximum absolute atomic E-state index is 9.45. The van der Waals surface area contributed by atoms with Crippen LogP contribution < -0.4 is 0 Å². The molecule has 2 unspecified atom stereocenters. The van der Waals surface area contributed by atoms with Gasteiger partial charge >= 0.3 is 0 Å². The largest absolute Gasteiger partial charge is 0.388 e. The molecule has 2 aliphatic carbocycles. The lowest BCUT2D eigenvalue weighted by atomic mass is 10.1. The topological polar surface area (TPSA) is 46.2 Å². The van der Waals surface area contributed by atoms with E-state index in [0.717, 1.165) is 55.0 Å². The van der Waals surface area contributed by atoms with Crippen molar-refractivity contribution < 1.29 is 5.11 Å². The molecule has 110 valence electrons. The summed E-state index contributed by atoms with van der Waals surface area (Å²) < 4.78 is 4.73. The van der Waals surface area contributed by atoms with Crippen LogP contribution in [-0.4, -0.2) is 37.4 Å². The highest BCUT2D eigenvalue weighted by molar-refractivity contribution is 7.71. The average Bonchev–Trinajstić information content (AvgIpc) is 3.21. The van der Waals surface area contributed by atoms with Crippen molar-refractivity contribution in [3.63, 3.8) is 0 Å². The lowest BCUT2D eigenvalue weighted by Gasteiger charge is -2.21. The van der Waals surface area contributed by atoms with E-state index in [0.29, 0.717) is 11.5 Å². The van der Waals surface area contributed by atoms with E-state index < -0.39 is 0 Å². The third kappa shape index (κ3) is 1.81. The van der Waals surface area contributed by atoms with Gasteiger partial charge < -0.3 is 5.11 Å². The summed E-state index contributed by atoms with van der Waals surface area (Å²) in [4.78, 5) is 2.45. The molecule has 0 amide bonds. The van der Waals surface area contributed by atoms with Crippen LogP contribution in [0.4, 0.5) is 0 Å². The molecule has 2 saturated carbocycles. The number of fused-ring (bicyclic) bond motifs is 1. The maximum atomic E-state index is 9.45. The van der Waals surface area contributed by atoms with E-state index in [1.54, 1.807) is 0 Å². The zero-order valence-electron chi connectivity index (χ0n) is 12.1. The number of piperidine rings is 1. The van der Waals surface area contributed by atoms with Gasteiger partial charge in [0.1, 0.15) is 6.61 Å². The molecule has 1 saturated heterocycles. The van der Waals surface area contributed by atoms with Gasteiger partial charge in [-0.1, -0.05) is 13.8 Å². The summed E-state index contributed by atoms with van der Waals surface area (Å²) in [5.74, 6) is 2.42. The van der Waals surface area contributed by atoms with E-state index >= 15 is 0 Å². The molecule has 2 atom stereocenters. The Hall–Kier alpha value is -0.720. The fourth-order valence-corrected chi connectivity index (χ4v) is 4.24. The standard InChI is InChI=1S/C14H22N4OS/c1-14(2)10-5-16(6-11(10)14)8-17-13(20)18(9-3-4-9)12(7-19)15-17/h9-11,19H,3-8H2,1-2H3. The van der Waals surface area contributed by atoms with Crippen LogP contribution in [0.5, 0.6) is 0 Å². The van der Waals surface area contributed by atoms with Crippen molar-refractivity contribution in [3.05, 3.63) is 10.6 Å². The van der Waals surface area contributed by atoms with Crippen molar-refractivity contribution >= 4 is 12.2 Å². The third-order valence-electron chi connectivity index (χ3n) is 5.53. The third-order valence-corrected chi connectivity index (χ3v) is 5.93. The van der Waals surface area contributed by atoms with Gasteiger partial charge in [-0.05, 0) is 42.3 Å². The number of aliphatic hydroxyl groups is 1. The molecule has 2 heterocycles. The quantitative estimate of drug-likeness (QED) is 0.860. The second-order valence-corrected chi connectivity index (χ2v) is 7.53. The van der Waals surface area contributed by atoms with Crippen LogP contribution in [0.3, 0.4) is 0 Å². The summed E-state index contributed by atoms with van der Waals surface area (Å²) in [5, 5.41) is 14.0. The molecule has 0 radical (unpaired) electrons. The Kier molecular flexibility index (Phi) is 2.69. The second kappa shape index (κ2) is 4.15. The molecule has 0 bridgehead atoms. The second-order valence-electron chi connectivity index (χ2n) is 7.17. The summed E-state index contributed by atoms with van der Waals surface area (Å²) in [6.45, 7) is 7.81. The van der Waals surface area contributed by atoms with Crippen molar-refractivity contribution in [3.8, 4) is 0 Å². The maximum Gasteiger partial charge on any atom is 0.199 e. The highest BCUT2D eigenvalue weighted by atomic mass is 32.1. The number of aliphatic hydroxyl groups excluding tert-OH is 1. The van der Waals surface area contributed by atoms with Gasteiger partial charge in [0.05, 0.1) is 6.67 Å². The van der Waals surface area contributed by atoms with Gasteiger partial charge in [0, 0.05) is 19.1 Å². The van der Waals surface area contributed by atoms with Crippen LogP contribution in [0.15, 0.2) is 0 Å². The molecule has 1 aromatic rings. The number of nitrogens with zero attached hydrogens (tertiary/aromatic N) is 4. The first-order valence-electron chi connectivity index (χ1n) is 7.54. The molecule has 6 heteroatoms. The number of hydrogen-bond acceptors (Lipinski definition) is 4. The van der Waals surface area contributed by atoms with Crippen LogP contribution in [-0.2, 0) is 13.3 Å². The molecular formula is C14H22N4OS. The summed E-state index contributed by atoms with van der Waals surface area (Å²) in [6, 6.07) is 0.476. The van der Waals surface area contributed by atoms with Gasteiger partial charge in [-0.3, -0.25) is 9.47 Å². The van der Waals surface area contributed by atoms with Gasteiger partial charge in [0.25, 0.3) is 0 Å². The zero-order chi connectivity index (χ0) is 14.1. The number of hydrogen-bond donors (Lipinski definition) is 1. The van der Waals surface area contributed by atoms with Gasteiger partial charge in [-0.25, -0.2) is 4.68 Å². The Morgan fingerprint density at radius 2 is 1.95 bits per heavy atom. The van der Waals surface area contributed by atoms with E-state index in [1.807, 2.05) is 4.68 Å². The van der Waals surface area contributed by atoms with Crippen LogP contribution in [0.2, 0.25) is 0 Å². The summed E-state index contributed by atoms with van der Waals surface area (Å²) >= 11 is 5.54. The van der Waals surface area contributed by atoms with Gasteiger partial charge in [0.15, 0.2) is 10.6 Å². The van der Waals surface area contributed by atoms with Gasteiger partial charge in [0.2, 0.25) is 0 Å². The van der Waals surface area contributed by atoms with E-state index in [-0.39, 0.29) is 6.61 Å². The van der Waals surface area contributed by atoms with Gasteiger partial charge in [-0.15, -0.1) is 0 Å². The molecule has 5 nitrogen and oxygen atoms in total. The molecule has 0 spiro atoms. The fraction of sp³-hybridized carbons (Fsp3) is 0.857. The Labute approximate surface area is 124 Å². The van der Waals surface area contributed by atoms with Crippen LogP contribution >= 0.6 is 12.2 Å². The normalized spacial score (nSPS) is 31.6. The zero-order valence-corrected chi connectivity index (χ0v) is 12.9. The highest BCUT2D eigenvalue weighted by Gasteiger charge is 2.61. The molecule has 3 aliphatic rings. The molecule has 0 aromatic carbocycles. The molecule has 1 aromatic heterocycles. The first kappa shape index (κ1) is 13.0. The minimum Gasteiger partial charge on any atom is -0.388 e. The molecule has 3 fully saturated rings. The van der Waals surface area contributed by atoms with E-state index in [4.69, 9.17) is 12.2 Å². The Morgan fingerprint density at radius 3 is 2.50 bits per heavy atom. The van der Waals surface area contributed by atoms with Crippen molar-refractivity contribution in [2.75, 3.05) is 13.1 Å². The average molecular weight is 294 g/mol. The smallest absolute Gasteiger partial charge is 0.199 e. The molecule has 1 aliphatic heterocycles. The molecular weight excluding hydrogens is 272 g/mol. The minimum absolute atomic E-state index is 0.0224. The van der Waals surface area contributed by atoms with E-state index in [2.05, 4.69) is 28.4 Å². The van der Waals surface area contributed by atoms with E-state index in [1.165, 1.54) is 0 Å². The van der Waals surface area contributed by atoms with Crippen molar-refractivity contribution in [1.82, 2.24) is 19.2 Å². The minimum atomic E-state index is -0.0224. The fourth-order valence-electron chi connectivity index (χ4n) is 3.88. The lowest BCUT2D eigenvalue weighted by molar-refractivity contribution is 0.198. The Balaban J connectivity index is 1.51. The first-order valence-corrected chi connectivity index (χ1v) is 7.94. The Morgan fingerprint density at radius 1 is 1.30 bits per heavy atom. The monoisotopic (exact) mass is 294 g/mol.